The molecule has 0 aromatic heterocycles. The average molecular weight is 384 g/mol. The van der Waals surface area contributed by atoms with E-state index in [0.717, 1.165) is 16.0 Å². The molecule has 1 aliphatic heterocycles. The number of urea groups is 1. The summed E-state index contributed by atoms with van der Waals surface area (Å²) in [6.45, 7) is 2.45. The van der Waals surface area contributed by atoms with Gasteiger partial charge in [-0.2, -0.15) is 0 Å². The lowest BCUT2D eigenvalue weighted by Crippen LogP contribution is -2.30. The van der Waals surface area contributed by atoms with Crippen LogP contribution in [-0.2, 0) is 11.4 Å². The van der Waals surface area contributed by atoms with Gasteiger partial charge in [-0.1, -0.05) is 66.2 Å². The number of benzene rings is 3. The van der Waals surface area contributed by atoms with Crippen LogP contribution in [0.5, 0.6) is 5.75 Å². The van der Waals surface area contributed by atoms with E-state index in [0.29, 0.717) is 18.0 Å². The molecule has 3 amide bonds. The fourth-order valence-electron chi connectivity index (χ4n) is 3.08. The molecule has 144 valence electrons. The summed E-state index contributed by atoms with van der Waals surface area (Å²) in [6.07, 6.45) is 1.65. The van der Waals surface area contributed by atoms with Gasteiger partial charge in [-0.15, -0.1) is 0 Å². The first-order valence-electron chi connectivity index (χ1n) is 9.31. The quantitative estimate of drug-likeness (QED) is 0.514. The number of carbonyl (C=O) groups is 2. The number of nitrogens with zero attached hydrogens (tertiary/aromatic N) is 1. The predicted octanol–water partition coefficient (Wildman–Crippen LogP) is 4.67. The molecular formula is C24H20N2O3. The summed E-state index contributed by atoms with van der Waals surface area (Å²) in [6, 6.07) is 23.9. The van der Waals surface area contributed by atoms with Crippen molar-refractivity contribution in [2.75, 3.05) is 4.90 Å². The Bertz CT molecular complexity index is 1070. The second kappa shape index (κ2) is 8.02. The number of carbonyl (C=O) groups excluding carboxylic acids is 2. The molecule has 4 rings (SSSR count). The molecule has 0 atom stereocenters. The van der Waals surface area contributed by atoms with Crippen molar-refractivity contribution in [1.82, 2.24) is 5.32 Å². The van der Waals surface area contributed by atoms with Crippen LogP contribution in [0.25, 0.3) is 6.08 Å². The maximum atomic E-state index is 12.8. The Balaban J connectivity index is 1.56. The molecule has 29 heavy (non-hydrogen) atoms. The van der Waals surface area contributed by atoms with Crippen molar-refractivity contribution in [3.8, 4) is 5.75 Å². The maximum Gasteiger partial charge on any atom is 0.333 e. The lowest BCUT2D eigenvalue weighted by molar-refractivity contribution is -0.113. The maximum absolute atomic E-state index is 12.8. The topological polar surface area (TPSA) is 58.6 Å². The molecule has 0 bridgehead atoms. The van der Waals surface area contributed by atoms with Gasteiger partial charge in [0.2, 0.25) is 0 Å². The molecule has 1 N–H and O–H groups in total. The van der Waals surface area contributed by atoms with Crippen molar-refractivity contribution in [3.63, 3.8) is 0 Å². The minimum absolute atomic E-state index is 0.213. The highest BCUT2D eigenvalue weighted by molar-refractivity contribution is 6.28. The third-order valence-corrected chi connectivity index (χ3v) is 4.63. The molecule has 0 saturated carbocycles. The summed E-state index contributed by atoms with van der Waals surface area (Å²) in [5.41, 5.74) is 3.71. The number of imide groups is 1. The molecule has 0 unspecified atom stereocenters. The van der Waals surface area contributed by atoms with Crippen molar-refractivity contribution in [2.24, 2.45) is 0 Å². The van der Waals surface area contributed by atoms with Gasteiger partial charge in [0, 0.05) is 5.56 Å². The molecule has 3 aromatic rings. The van der Waals surface area contributed by atoms with Crippen LogP contribution >= 0.6 is 0 Å². The molecule has 5 heteroatoms. The zero-order valence-electron chi connectivity index (χ0n) is 16.0. The van der Waals surface area contributed by atoms with Crippen LogP contribution in [0.3, 0.4) is 0 Å². The molecule has 0 spiro atoms. The highest BCUT2D eigenvalue weighted by Crippen LogP contribution is 2.26. The van der Waals surface area contributed by atoms with Crippen LogP contribution in [0.2, 0.25) is 0 Å². The van der Waals surface area contributed by atoms with Crippen molar-refractivity contribution < 1.29 is 14.3 Å². The third kappa shape index (κ3) is 4.04. The monoisotopic (exact) mass is 384 g/mol. The highest BCUT2D eigenvalue weighted by atomic mass is 16.5. The van der Waals surface area contributed by atoms with Crippen LogP contribution in [0.15, 0.2) is 84.6 Å². The lowest BCUT2D eigenvalue weighted by atomic mass is 10.1. The third-order valence-electron chi connectivity index (χ3n) is 4.63. The molecular weight excluding hydrogens is 364 g/mol. The second-order valence-electron chi connectivity index (χ2n) is 6.78. The molecule has 5 nitrogen and oxygen atoms in total. The smallest absolute Gasteiger partial charge is 0.333 e. The van der Waals surface area contributed by atoms with Crippen LogP contribution < -0.4 is 15.0 Å². The van der Waals surface area contributed by atoms with Gasteiger partial charge < -0.3 is 10.1 Å². The standard InChI is InChI=1S/C24H20N2O3/c1-17-11-13-18(14-12-17)16-29-22-10-6-5-7-19(22)15-21-23(27)26(24(28)25-21)20-8-3-2-4-9-20/h2-15H,16H2,1H3,(H,25,28). The van der Waals surface area contributed by atoms with E-state index in [-0.39, 0.29) is 5.70 Å². The van der Waals surface area contributed by atoms with E-state index in [1.807, 2.05) is 61.5 Å². The number of ether oxygens (including phenoxy) is 1. The van der Waals surface area contributed by atoms with Gasteiger partial charge in [0.15, 0.2) is 0 Å². The zero-order chi connectivity index (χ0) is 20.2. The predicted molar refractivity (Wildman–Crippen MR) is 112 cm³/mol. The number of hydrogen-bond donors (Lipinski definition) is 1. The van der Waals surface area contributed by atoms with Gasteiger partial charge in [-0.3, -0.25) is 4.79 Å². The summed E-state index contributed by atoms with van der Waals surface area (Å²) in [4.78, 5) is 26.2. The second-order valence-corrected chi connectivity index (χ2v) is 6.78. The van der Waals surface area contributed by atoms with E-state index in [9.17, 15) is 9.59 Å². The number of aryl methyl sites for hydroxylation is 1. The summed E-state index contributed by atoms with van der Waals surface area (Å²) < 4.78 is 5.96. The van der Waals surface area contributed by atoms with E-state index >= 15 is 0 Å². The Hall–Kier alpha value is -3.86. The normalized spacial score (nSPS) is 14.9. The SMILES string of the molecule is Cc1ccc(COc2ccccc2C=C2NC(=O)N(c3ccccc3)C2=O)cc1. The van der Waals surface area contributed by atoms with Gasteiger partial charge in [-0.25, -0.2) is 9.69 Å². The van der Waals surface area contributed by atoms with Crippen molar-refractivity contribution >= 4 is 23.7 Å². The first kappa shape index (κ1) is 18.5. The first-order chi connectivity index (χ1) is 14.1. The largest absolute Gasteiger partial charge is 0.488 e. The van der Waals surface area contributed by atoms with E-state index in [4.69, 9.17) is 4.74 Å². The van der Waals surface area contributed by atoms with Crippen molar-refractivity contribution in [1.29, 1.82) is 0 Å². The highest BCUT2D eigenvalue weighted by Gasteiger charge is 2.34. The minimum Gasteiger partial charge on any atom is -0.488 e. The van der Waals surface area contributed by atoms with Crippen LogP contribution in [0, 0.1) is 6.92 Å². The van der Waals surface area contributed by atoms with Crippen LogP contribution in [0.1, 0.15) is 16.7 Å². The fourth-order valence-corrected chi connectivity index (χ4v) is 3.08. The molecule has 0 aliphatic carbocycles. The van der Waals surface area contributed by atoms with Crippen molar-refractivity contribution in [2.45, 2.75) is 13.5 Å². The van der Waals surface area contributed by atoms with Crippen LogP contribution in [-0.4, -0.2) is 11.9 Å². The molecule has 1 fully saturated rings. The summed E-state index contributed by atoms with van der Waals surface area (Å²) in [5, 5.41) is 2.65. The Morgan fingerprint density at radius 1 is 0.897 bits per heavy atom. The average Bonchev–Trinajstić information content (AvgIpc) is 3.02. The Morgan fingerprint density at radius 3 is 2.34 bits per heavy atom. The summed E-state index contributed by atoms with van der Waals surface area (Å²) >= 11 is 0. The number of hydrogen-bond acceptors (Lipinski definition) is 3. The van der Waals surface area contributed by atoms with Gasteiger partial charge in [0.1, 0.15) is 18.1 Å². The summed E-state index contributed by atoms with van der Waals surface area (Å²) in [5.74, 6) is 0.246. The summed E-state index contributed by atoms with van der Waals surface area (Å²) in [7, 11) is 0. The molecule has 1 heterocycles. The molecule has 1 aliphatic rings. The zero-order valence-corrected chi connectivity index (χ0v) is 16.0. The Labute approximate surface area is 169 Å². The number of rotatable bonds is 5. The number of amides is 3. The van der Waals surface area contributed by atoms with E-state index in [2.05, 4.69) is 5.32 Å². The van der Waals surface area contributed by atoms with Gasteiger partial charge in [0.05, 0.1) is 5.69 Å². The van der Waals surface area contributed by atoms with E-state index < -0.39 is 11.9 Å². The lowest BCUT2D eigenvalue weighted by Gasteiger charge is -2.11. The number of anilines is 1. The van der Waals surface area contributed by atoms with Gasteiger partial charge >= 0.3 is 6.03 Å². The molecule has 1 saturated heterocycles. The van der Waals surface area contributed by atoms with Gasteiger partial charge in [0.25, 0.3) is 5.91 Å². The first-order valence-corrected chi connectivity index (χ1v) is 9.31. The number of para-hydroxylation sites is 2. The van der Waals surface area contributed by atoms with E-state index in [1.165, 1.54) is 5.56 Å². The van der Waals surface area contributed by atoms with Crippen molar-refractivity contribution in [3.05, 3.63) is 101 Å². The fraction of sp³-hybridized carbons (Fsp3) is 0.0833. The Morgan fingerprint density at radius 2 is 1.59 bits per heavy atom. The Kier molecular flexibility index (Phi) is 5.12. The van der Waals surface area contributed by atoms with Gasteiger partial charge in [-0.05, 0) is 36.8 Å². The minimum atomic E-state index is -0.467. The van der Waals surface area contributed by atoms with Crippen LogP contribution in [0.4, 0.5) is 10.5 Å². The molecule has 3 aromatic carbocycles. The van der Waals surface area contributed by atoms with E-state index in [1.54, 1.807) is 30.3 Å². The molecule has 0 radical (unpaired) electrons. The number of nitrogens with one attached hydrogen (secondary N) is 1.